The molecule has 0 aliphatic rings. The summed E-state index contributed by atoms with van der Waals surface area (Å²) >= 11 is 7.18. The summed E-state index contributed by atoms with van der Waals surface area (Å²) in [6.45, 7) is 0.612. The average molecular weight is 461 g/mol. The molecule has 0 N–H and O–H groups in total. The number of halogens is 1. The maximum Gasteiger partial charge on any atom is 0.206 e. The fourth-order valence-corrected chi connectivity index (χ4v) is 4.39. The molecule has 0 aliphatic heterocycles. The molecule has 32 heavy (non-hydrogen) atoms. The van der Waals surface area contributed by atoms with Gasteiger partial charge in [0.15, 0.2) is 0 Å². The Labute approximate surface area is 193 Å². The number of hydrogen-bond donors (Lipinski definition) is 0. The van der Waals surface area contributed by atoms with E-state index < -0.39 is 0 Å². The molecule has 0 bridgehead atoms. The minimum absolute atomic E-state index is 0.0919. The Bertz CT molecular complexity index is 1410. The van der Waals surface area contributed by atoms with Crippen molar-refractivity contribution in [3.63, 3.8) is 0 Å². The van der Waals surface area contributed by atoms with E-state index in [0.717, 1.165) is 28.0 Å². The third-order valence-electron chi connectivity index (χ3n) is 5.16. The SMILES string of the molecule is COc1ccc2c(c1)c(C(=O)c1cc(-c3cnccn3)ns1)cn2Cc1ccc(Cl)cc1. The van der Waals surface area contributed by atoms with Crippen molar-refractivity contribution >= 4 is 39.8 Å². The molecule has 0 spiro atoms. The molecule has 5 aromatic rings. The summed E-state index contributed by atoms with van der Waals surface area (Å²) in [4.78, 5) is 22.4. The average Bonchev–Trinajstić information content (AvgIpc) is 3.46. The number of nitrogens with zero attached hydrogens (tertiary/aromatic N) is 4. The molecule has 0 aliphatic carbocycles. The monoisotopic (exact) mass is 460 g/mol. The first-order valence-electron chi connectivity index (χ1n) is 9.81. The minimum atomic E-state index is -0.0919. The standard InChI is InChI=1S/C24H17ClN4O2S/c1-31-17-6-7-22-18(10-17)19(14-29(22)13-15-2-4-16(25)5-3-15)24(30)23-11-20(28-32-23)21-12-26-8-9-27-21/h2-12,14H,13H2,1H3. The third-order valence-corrected chi connectivity index (χ3v) is 6.20. The molecular weight excluding hydrogens is 444 g/mol. The summed E-state index contributed by atoms with van der Waals surface area (Å²) in [5.74, 6) is 0.603. The number of carbonyl (C=O) groups excluding carboxylic acids is 1. The van der Waals surface area contributed by atoms with Crippen LogP contribution in [0, 0.1) is 0 Å². The first-order valence-corrected chi connectivity index (χ1v) is 11.0. The number of carbonyl (C=O) groups is 1. The first-order chi connectivity index (χ1) is 15.6. The molecule has 6 nitrogen and oxygen atoms in total. The van der Waals surface area contributed by atoms with Crippen molar-refractivity contribution in [3.8, 4) is 17.1 Å². The van der Waals surface area contributed by atoms with E-state index in [1.54, 1.807) is 31.8 Å². The van der Waals surface area contributed by atoms with Crippen molar-refractivity contribution in [3.05, 3.63) is 94.3 Å². The second-order valence-corrected chi connectivity index (χ2v) is 8.42. The lowest BCUT2D eigenvalue weighted by molar-refractivity contribution is 0.104. The maximum absolute atomic E-state index is 13.5. The van der Waals surface area contributed by atoms with Crippen LogP contribution in [0.3, 0.4) is 0 Å². The Kier molecular flexibility index (Phi) is 5.43. The van der Waals surface area contributed by atoms with Crippen molar-refractivity contribution < 1.29 is 9.53 Å². The lowest BCUT2D eigenvalue weighted by Crippen LogP contribution is -1.99. The van der Waals surface area contributed by atoms with E-state index in [0.29, 0.717) is 39.1 Å². The number of ketones is 1. The fraction of sp³-hybridized carbons (Fsp3) is 0.0833. The fourth-order valence-electron chi connectivity index (χ4n) is 3.57. The normalized spacial score (nSPS) is 11.1. The highest BCUT2D eigenvalue weighted by Crippen LogP contribution is 2.30. The van der Waals surface area contributed by atoms with Gasteiger partial charge in [0.2, 0.25) is 5.78 Å². The molecule has 0 saturated heterocycles. The van der Waals surface area contributed by atoms with Crippen molar-refractivity contribution in [1.29, 1.82) is 0 Å². The lowest BCUT2D eigenvalue weighted by Gasteiger charge is -2.06. The Morgan fingerprint density at radius 1 is 1.09 bits per heavy atom. The van der Waals surface area contributed by atoms with Gasteiger partial charge in [0, 0.05) is 46.6 Å². The van der Waals surface area contributed by atoms with E-state index in [4.69, 9.17) is 16.3 Å². The molecule has 0 atom stereocenters. The van der Waals surface area contributed by atoms with Crippen LogP contribution in [-0.2, 0) is 6.54 Å². The van der Waals surface area contributed by atoms with Crippen LogP contribution in [0.1, 0.15) is 20.8 Å². The van der Waals surface area contributed by atoms with Crippen LogP contribution in [0.2, 0.25) is 5.02 Å². The molecule has 5 rings (SSSR count). The summed E-state index contributed by atoms with van der Waals surface area (Å²) in [5, 5.41) is 1.52. The van der Waals surface area contributed by atoms with Crippen molar-refractivity contribution in [2.24, 2.45) is 0 Å². The van der Waals surface area contributed by atoms with E-state index in [9.17, 15) is 4.79 Å². The minimum Gasteiger partial charge on any atom is -0.497 e. The first kappa shape index (κ1) is 20.4. The van der Waals surface area contributed by atoms with E-state index in [1.807, 2.05) is 48.7 Å². The summed E-state index contributed by atoms with van der Waals surface area (Å²) in [7, 11) is 1.61. The Morgan fingerprint density at radius 2 is 1.94 bits per heavy atom. The Balaban J connectivity index is 1.56. The van der Waals surface area contributed by atoms with E-state index in [2.05, 4.69) is 18.9 Å². The van der Waals surface area contributed by atoms with Gasteiger partial charge in [0.25, 0.3) is 0 Å². The third kappa shape index (κ3) is 3.88. The van der Waals surface area contributed by atoms with Gasteiger partial charge in [-0.3, -0.25) is 14.8 Å². The molecule has 8 heteroatoms. The largest absolute Gasteiger partial charge is 0.497 e. The topological polar surface area (TPSA) is 69.9 Å². The molecule has 0 fully saturated rings. The molecule has 2 aromatic carbocycles. The zero-order valence-corrected chi connectivity index (χ0v) is 18.6. The van der Waals surface area contributed by atoms with Crippen LogP contribution in [0.5, 0.6) is 5.75 Å². The summed E-state index contributed by atoms with van der Waals surface area (Å²) < 4.78 is 11.9. The van der Waals surface area contributed by atoms with Gasteiger partial charge in [-0.2, -0.15) is 4.37 Å². The number of aromatic nitrogens is 4. The number of fused-ring (bicyclic) bond motifs is 1. The number of benzene rings is 2. The summed E-state index contributed by atoms with van der Waals surface area (Å²) in [5.41, 5.74) is 3.90. The predicted molar refractivity (Wildman–Crippen MR) is 126 cm³/mol. The van der Waals surface area contributed by atoms with Gasteiger partial charge in [0.05, 0.1) is 18.2 Å². The van der Waals surface area contributed by atoms with E-state index in [-0.39, 0.29) is 5.78 Å². The quantitative estimate of drug-likeness (QED) is 0.313. The maximum atomic E-state index is 13.5. The van der Waals surface area contributed by atoms with Crippen LogP contribution in [-0.4, -0.2) is 31.8 Å². The van der Waals surface area contributed by atoms with Gasteiger partial charge in [-0.15, -0.1) is 0 Å². The molecule has 3 heterocycles. The van der Waals surface area contributed by atoms with Gasteiger partial charge in [-0.25, -0.2) is 0 Å². The van der Waals surface area contributed by atoms with E-state index >= 15 is 0 Å². The number of ether oxygens (including phenoxy) is 1. The van der Waals surface area contributed by atoms with Gasteiger partial charge in [0.1, 0.15) is 17.1 Å². The van der Waals surface area contributed by atoms with Gasteiger partial charge >= 0.3 is 0 Å². The van der Waals surface area contributed by atoms with Crippen LogP contribution < -0.4 is 4.74 Å². The lowest BCUT2D eigenvalue weighted by atomic mass is 10.1. The molecule has 0 radical (unpaired) electrons. The molecule has 3 aromatic heterocycles. The second-order valence-electron chi connectivity index (χ2n) is 7.18. The van der Waals surface area contributed by atoms with Crippen LogP contribution >= 0.6 is 23.1 Å². The molecule has 0 amide bonds. The Hall–Kier alpha value is -3.55. The summed E-state index contributed by atoms with van der Waals surface area (Å²) in [6.07, 6.45) is 6.73. The predicted octanol–water partition coefficient (Wildman–Crippen LogP) is 5.50. The summed E-state index contributed by atoms with van der Waals surface area (Å²) in [6, 6.07) is 15.2. The van der Waals surface area contributed by atoms with Crippen LogP contribution in [0.15, 0.2) is 73.3 Å². The molecular formula is C24H17ClN4O2S. The van der Waals surface area contributed by atoms with Crippen molar-refractivity contribution in [2.45, 2.75) is 6.54 Å². The van der Waals surface area contributed by atoms with Crippen molar-refractivity contribution in [1.82, 2.24) is 18.9 Å². The molecule has 158 valence electrons. The second kappa shape index (κ2) is 8.53. The number of rotatable bonds is 6. The van der Waals surface area contributed by atoms with E-state index in [1.165, 1.54) is 0 Å². The highest BCUT2D eigenvalue weighted by atomic mass is 35.5. The highest BCUT2D eigenvalue weighted by Gasteiger charge is 2.20. The Morgan fingerprint density at radius 3 is 2.69 bits per heavy atom. The van der Waals surface area contributed by atoms with Crippen LogP contribution in [0.25, 0.3) is 22.3 Å². The zero-order valence-electron chi connectivity index (χ0n) is 17.0. The van der Waals surface area contributed by atoms with Gasteiger partial charge in [-0.05, 0) is 53.5 Å². The zero-order chi connectivity index (χ0) is 22.1. The van der Waals surface area contributed by atoms with Crippen LogP contribution in [0.4, 0.5) is 0 Å². The molecule has 0 unspecified atom stereocenters. The van der Waals surface area contributed by atoms with Crippen molar-refractivity contribution in [2.75, 3.05) is 7.11 Å². The smallest absolute Gasteiger partial charge is 0.206 e. The van der Waals surface area contributed by atoms with Gasteiger partial charge in [-0.1, -0.05) is 23.7 Å². The number of hydrogen-bond acceptors (Lipinski definition) is 6. The molecule has 0 saturated carbocycles. The highest BCUT2D eigenvalue weighted by molar-refractivity contribution is 7.08. The van der Waals surface area contributed by atoms with Gasteiger partial charge < -0.3 is 9.30 Å². The number of methoxy groups -OCH3 is 1.